The van der Waals surface area contributed by atoms with Crippen molar-refractivity contribution in [1.82, 2.24) is 19.5 Å². The third-order valence-corrected chi connectivity index (χ3v) is 4.12. The summed E-state index contributed by atoms with van der Waals surface area (Å²) < 4.78 is 2.04. The van der Waals surface area contributed by atoms with Crippen molar-refractivity contribution in [2.24, 2.45) is 0 Å². The van der Waals surface area contributed by atoms with Crippen molar-refractivity contribution < 1.29 is 0 Å². The van der Waals surface area contributed by atoms with Gasteiger partial charge in [0, 0.05) is 11.7 Å². The topological polar surface area (TPSA) is 55.6 Å². The number of hydrogen-bond donors (Lipinski definition) is 1. The van der Waals surface area contributed by atoms with E-state index in [0.717, 1.165) is 16.9 Å². The molecule has 2 aromatic heterocycles. The number of rotatable bonds is 4. The van der Waals surface area contributed by atoms with E-state index in [1.54, 1.807) is 6.20 Å². The highest BCUT2D eigenvalue weighted by Crippen LogP contribution is 2.23. The quantitative estimate of drug-likeness (QED) is 0.583. The Labute approximate surface area is 146 Å². The van der Waals surface area contributed by atoms with E-state index >= 15 is 0 Å². The van der Waals surface area contributed by atoms with Crippen LogP contribution in [-0.2, 0) is 0 Å². The number of nitrogens with one attached hydrogen (secondary N) is 1. The first-order chi connectivity index (χ1) is 12.2. The average molecular weight is 329 g/mol. The van der Waals surface area contributed by atoms with Crippen LogP contribution in [0.4, 0.5) is 11.6 Å². The summed E-state index contributed by atoms with van der Waals surface area (Å²) in [6.07, 6.45) is 3.56. The van der Waals surface area contributed by atoms with E-state index < -0.39 is 0 Å². The number of fused-ring (bicyclic) bond motifs is 1. The van der Waals surface area contributed by atoms with E-state index in [1.165, 1.54) is 11.1 Å². The van der Waals surface area contributed by atoms with E-state index in [2.05, 4.69) is 58.4 Å². The molecule has 0 aliphatic heterocycles. The zero-order chi connectivity index (χ0) is 17.2. The molecule has 0 amide bonds. The van der Waals surface area contributed by atoms with Crippen molar-refractivity contribution in [1.29, 1.82) is 0 Å². The van der Waals surface area contributed by atoms with Gasteiger partial charge in [-0.3, -0.25) is 0 Å². The summed E-state index contributed by atoms with van der Waals surface area (Å²) in [6, 6.07) is 18.9. The number of hydrogen-bond acceptors (Lipinski definition) is 4. The maximum absolute atomic E-state index is 4.61. The van der Waals surface area contributed by atoms with Crippen LogP contribution in [0.25, 0.3) is 22.3 Å². The van der Waals surface area contributed by atoms with Crippen molar-refractivity contribution in [2.45, 2.75) is 19.9 Å². The van der Waals surface area contributed by atoms with Gasteiger partial charge in [0.05, 0.1) is 12.5 Å². The molecule has 124 valence electrons. The second-order valence-electron chi connectivity index (χ2n) is 6.22. The van der Waals surface area contributed by atoms with Gasteiger partial charge in [-0.25, -0.2) is 9.97 Å². The van der Waals surface area contributed by atoms with E-state index in [0.29, 0.717) is 12.0 Å². The fourth-order valence-corrected chi connectivity index (χ4v) is 2.77. The van der Waals surface area contributed by atoms with Gasteiger partial charge in [0.1, 0.15) is 5.52 Å². The largest absolute Gasteiger partial charge is 0.324 e. The molecule has 2 heterocycles. The predicted octanol–water partition coefficient (Wildman–Crippen LogP) is 4.82. The fourth-order valence-electron chi connectivity index (χ4n) is 2.77. The number of anilines is 2. The van der Waals surface area contributed by atoms with Crippen LogP contribution in [0.1, 0.15) is 19.9 Å². The molecule has 0 aliphatic rings. The molecule has 0 aliphatic carbocycles. The Kier molecular flexibility index (Phi) is 3.90. The Balaban J connectivity index is 1.59. The molecule has 0 radical (unpaired) electrons. The van der Waals surface area contributed by atoms with Crippen LogP contribution in [0.2, 0.25) is 0 Å². The van der Waals surface area contributed by atoms with E-state index in [-0.39, 0.29) is 0 Å². The Morgan fingerprint density at radius 1 is 0.880 bits per heavy atom. The second-order valence-corrected chi connectivity index (χ2v) is 6.22. The molecule has 5 nitrogen and oxygen atoms in total. The first-order valence-electron chi connectivity index (χ1n) is 8.33. The van der Waals surface area contributed by atoms with Gasteiger partial charge in [0.25, 0.3) is 0 Å². The van der Waals surface area contributed by atoms with E-state index in [1.807, 2.05) is 41.2 Å². The molecule has 0 saturated carbocycles. The lowest BCUT2D eigenvalue weighted by Gasteiger charge is -2.09. The SMILES string of the molecule is CC(C)n1cnc2cnc(Nc3ccc(-c4ccccc4)cc3)nc21. The number of benzene rings is 2. The normalized spacial score (nSPS) is 11.2. The zero-order valence-corrected chi connectivity index (χ0v) is 14.2. The molecule has 0 spiro atoms. The molecule has 5 heteroatoms. The summed E-state index contributed by atoms with van der Waals surface area (Å²) in [6.45, 7) is 4.22. The molecule has 4 rings (SSSR count). The lowest BCUT2D eigenvalue weighted by Crippen LogP contribution is -2.02. The van der Waals surface area contributed by atoms with Gasteiger partial charge in [0.15, 0.2) is 5.65 Å². The lowest BCUT2D eigenvalue weighted by molar-refractivity contribution is 0.613. The number of imidazole rings is 1. The molecule has 0 atom stereocenters. The summed E-state index contributed by atoms with van der Waals surface area (Å²) >= 11 is 0. The van der Waals surface area contributed by atoms with Gasteiger partial charge < -0.3 is 9.88 Å². The van der Waals surface area contributed by atoms with Crippen molar-refractivity contribution in [2.75, 3.05) is 5.32 Å². The fraction of sp³-hybridized carbons (Fsp3) is 0.150. The first-order valence-corrected chi connectivity index (χ1v) is 8.33. The Hall–Kier alpha value is -3.21. The van der Waals surface area contributed by atoms with E-state index in [4.69, 9.17) is 0 Å². The summed E-state index contributed by atoms with van der Waals surface area (Å²) in [5, 5.41) is 3.27. The van der Waals surface area contributed by atoms with Crippen molar-refractivity contribution >= 4 is 22.8 Å². The molecule has 0 saturated heterocycles. The molecule has 0 bridgehead atoms. The molecule has 0 unspecified atom stereocenters. The first kappa shape index (κ1) is 15.3. The van der Waals surface area contributed by atoms with Gasteiger partial charge in [-0.1, -0.05) is 42.5 Å². The minimum Gasteiger partial charge on any atom is -0.324 e. The van der Waals surface area contributed by atoms with Crippen LogP contribution in [0.15, 0.2) is 67.1 Å². The Morgan fingerprint density at radius 3 is 2.32 bits per heavy atom. The van der Waals surface area contributed by atoms with Gasteiger partial charge in [-0.2, -0.15) is 4.98 Å². The highest BCUT2D eigenvalue weighted by Gasteiger charge is 2.09. The molecule has 2 aromatic carbocycles. The highest BCUT2D eigenvalue weighted by atomic mass is 15.2. The zero-order valence-electron chi connectivity index (χ0n) is 14.2. The van der Waals surface area contributed by atoms with Gasteiger partial charge in [-0.05, 0) is 37.1 Å². The third kappa shape index (κ3) is 3.08. The number of nitrogens with zero attached hydrogens (tertiary/aromatic N) is 4. The maximum Gasteiger partial charge on any atom is 0.229 e. The lowest BCUT2D eigenvalue weighted by atomic mass is 10.1. The summed E-state index contributed by atoms with van der Waals surface area (Å²) in [4.78, 5) is 13.3. The summed E-state index contributed by atoms with van der Waals surface area (Å²) in [5.41, 5.74) is 4.98. The van der Waals surface area contributed by atoms with Gasteiger partial charge >= 0.3 is 0 Å². The van der Waals surface area contributed by atoms with Crippen LogP contribution in [0.5, 0.6) is 0 Å². The van der Waals surface area contributed by atoms with Crippen LogP contribution < -0.4 is 5.32 Å². The van der Waals surface area contributed by atoms with Crippen molar-refractivity contribution in [3.05, 3.63) is 67.1 Å². The van der Waals surface area contributed by atoms with Crippen LogP contribution in [0.3, 0.4) is 0 Å². The minimum absolute atomic E-state index is 0.304. The molecule has 4 aromatic rings. The number of aromatic nitrogens is 4. The Morgan fingerprint density at radius 2 is 1.60 bits per heavy atom. The molecule has 0 fully saturated rings. The maximum atomic E-state index is 4.61. The van der Waals surface area contributed by atoms with Gasteiger partial charge in [0.2, 0.25) is 5.95 Å². The van der Waals surface area contributed by atoms with E-state index in [9.17, 15) is 0 Å². The van der Waals surface area contributed by atoms with Crippen molar-refractivity contribution in [3.63, 3.8) is 0 Å². The highest BCUT2D eigenvalue weighted by molar-refractivity contribution is 5.72. The monoisotopic (exact) mass is 329 g/mol. The minimum atomic E-state index is 0.304. The van der Waals surface area contributed by atoms with Crippen LogP contribution in [0, 0.1) is 0 Å². The second kappa shape index (κ2) is 6.36. The van der Waals surface area contributed by atoms with Gasteiger partial charge in [-0.15, -0.1) is 0 Å². The summed E-state index contributed by atoms with van der Waals surface area (Å²) in [7, 11) is 0. The smallest absolute Gasteiger partial charge is 0.229 e. The Bertz CT molecular complexity index is 988. The summed E-state index contributed by atoms with van der Waals surface area (Å²) in [5.74, 6) is 0.572. The molecular formula is C20H19N5. The predicted molar refractivity (Wildman–Crippen MR) is 101 cm³/mol. The molecular weight excluding hydrogens is 310 g/mol. The van der Waals surface area contributed by atoms with Crippen LogP contribution in [-0.4, -0.2) is 19.5 Å². The molecule has 1 N–H and O–H groups in total. The van der Waals surface area contributed by atoms with Crippen molar-refractivity contribution in [3.8, 4) is 11.1 Å². The average Bonchev–Trinajstić information content (AvgIpc) is 3.07. The molecule has 25 heavy (non-hydrogen) atoms. The third-order valence-electron chi connectivity index (χ3n) is 4.12. The standard InChI is InChI=1S/C20H19N5/c1-14(2)25-13-22-18-12-21-20(24-19(18)25)23-17-10-8-16(9-11-17)15-6-4-3-5-7-15/h3-14H,1-2H3,(H,21,23,24). The van der Waals surface area contributed by atoms with Crippen LogP contribution >= 0.6 is 0 Å².